The van der Waals surface area contributed by atoms with Crippen molar-refractivity contribution >= 4 is 5.97 Å². The van der Waals surface area contributed by atoms with Gasteiger partial charge in [-0.15, -0.1) is 5.10 Å². The molecule has 0 atom stereocenters. The van der Waals surface area contributed by atoms with Gasteiger partial charge in [0.1, 0.15) is 5.60 Å². The molecule has 0 amide bonds. The monoisotopic (exact) mass is 224 g/mol. The first kappa shape index (κ1) is 11.1. The van der Waals surface area contributed by atoms with Gasteiger partial charge in [-0.25, -0.2) is 9.48 Å². The second-order valence-electron chi connectivity index (χ2n) is 4.88. The minimum absolute atomic E-state index is 0.213. The molecular formula is C10H16N4O2. The van der Waals surface area contributed by atoms with Gasteiger partial charge in [-0.3, -0.25) is 0 Å². The van der Waals surface area contributed by atoms with Gasteiger partial charge in [-0.2, -0.15) is 0 Å². The Hall–Kier alpha value is -1.43. The number of aromatic nitrogens is 3. The number of carbonyl (C=O) groups excluding carboxylic acids is 1. The molecule has 0 bridgehead atoms. The third kappa shape index (κ3) is 2.21. The van der Waals surface area contributed by atoms with Crippen molar-refractivity contribution in [1.29, 1.82) is 0 Å². The maximum Gasteiger partial charge on any atom is 0.358 e. The Kier molecular flexibility index (Phi) is 2.67. The molecule has 0 aliphatic carbocycles. The van der Waals surface area contributed by atoms with Gasteiger partial charge in [0.05, 0.1) is 12.2 Å². The lowest BCUT2D eigenvalue weighted by Crippen LogP contribution is -2.45. The fourth-order valence-electron chi connectivity index (χ4n) is 1.44. The molecule has 1 saturated heterocycles. The van der Waals surface area contributed by atoms with Crippen LogP contribution < -0.4 is 5.32 Å². The highest BCUT2D eigenvalue weighted by Crippen LogP contribution is 2.16. The van der Waals surface area contributed by atoms with E-state index in [0.717, 1.165) is 13.1 Å². The number of carbonyl (C=O) groups is 1. The van der Waals surface area contributed by atoms with Gasteiger partial charge in [0.25, 0.3) is 0 Å². The van der Waals surface area contributed by atoms with Gasteiger partial charge in [-0.05, 0) is 20.8 Å². The van der Waals surface area contributed by atoms with E-state index in [1.165, 1.54) is 6.20 Å². The molecule has 16 heavy (non-hydrogen) atoms. The smallest absolute Gasteiger partial charge is 0.358 e. The van der Waals surface area contributed by atoms with Gasteiger partial charge >= 0.3 is 5.97 Å². The van der Waals surface area contributed by atoms with E-state index in [-0.39, 0.29) is 12.0 Å². The third-order valence-corrected chi connectivity index (χ3v) is 2.29. The number of esters is 1. The van der Waals surface area contributed by atoms with E-state index in [2.05, 4.69) is 15.6 Å². The van der Waals surface area contributed by atoms with Crippen LogP contribution >= 0.6 is 0 Å². The maximum absolute atomic E-state index is 11.8. The molecule has 1 aromatic rings. The Morgan fingerprint density at radius 2 is 2.25 bits per heavy atom. The van der Waals surface area contributed by atoms with Crippen molar-refractivity contribution in [1.82, 2.24) is 20.3 Å². The number of nitrogens with one attached hydrogen (secondary N) is 1. The van der Waals surface area contributed by atoms with E-state index < -0.39 is 5.60 Å². The van der Waals surface area contributed by atoms with Crippen molar-refractivity contribution in [2.45, 2.75) is 32.4 Å². The molecule has 6 nitrogen and oxygen atoms in total. The van der Waals surface area contributed by atoms with Crippen molar-refractivity contribution in [3.8, 4) is 0 Å². The molecule has 2 rings (SSSR count). The number of hydrogen-bond acceptors (Lipinski definition) is 5. The normalized spacial score (nSPS) is 16.9. The maximum atomic E-state index is 11.8. The van der Waals surface area contributed by atoms with Crippen LogP contribution in [0, 0.1) is 0 Å². The largest absolute Gasteiger partial charge is 0.455 e. The van der Waals surface area contributed by atoms with Crippen molar-refractivity contribution in [3.05, 3.63) is 11.9 Å². The molecule has 0 spiro atoms. The Morgan fingerprint density at radius 3 is 2.75 bits per heavy atom. The Labute approximate surface area is 94.0 Å². The SMILES string of the molecule is CC(C)(C)OC(=O)c1cnnn1C1CNC1. The van der Waals surface area contributed by atoms with Gasteiger partial charge in [0, 0.05) is 13.1 Å². The Bertz CT molecular complexity index is 390. The van der Waals surface area contributed by atoms with E-state index in [0.29, 0.717) is 5.69 Å². The molecule has 0 aromatic carbocycles. The molecule has 0 saturated carbocycles. The number of rotatable bonds is 2. The summed E-state index contributed by atoms with van der Waals surface area (Å²) in [6, 6.07) is 0.213. The molecule has 0 radical (unpaired) electrons. The first-order valence-electron chi connectivity index (χ1n) is 5.31. The highest BCUT2D eigenvalue weighted by molar-refractivity contribution is 5.87. The lowest BCUT2D eigenvalue weighted by molar-refractivity contribution is 0.00516. The Morgan fingerprint density at radius 1 is 1.56 bits per heavy atom. The van der Waals surface area contributed by atoms with Gasteiger partial charge in [0.2, 0.25) is 0 Å². The molecule has 1 fully saturated rings. The van der Waals surface area contributed by atoms with Crippen LogP contribution in [0.5, 0.6) is 0 Å². The minimum Gasteiger partial charge on any atom is -0.455 e. The van der Waals surface area contributed by atoms with Crippen LogP contribution in [-0.2, 0) is 4.74 Å². The quantitative estimate of drug-likeness (QED) is 0.735. The predicted octanol–water partition coefficient (Wildman–Crippen LogP) is 0.378. The molecule has 2 heterocycles. The molecule has 1 aliphatic heterocycles. The summed E-state index contributed by atoms with van der Waals surface area (Å²) in [5, 5.41) is 10.8. The van der Waals surface area contributed by atoms with Crippen LogP contribution in [-0.4, -0.2) is 39.7 Å². The van der Waals surface area contributed by atoms with E-state index in [1.54, 1.807) is 4.68 Å². The fourth-order valence-corrected chi connectivity index (χ4v) is 1.44. The van der Waals surface area contributed by atoms with Crippen LogP contribution in [0.15, 0.2) is 6.20 Å². The van der Waals surface area contributed by atoms with Gasteiger partial charge in [-0.1, -0.05) is 5.21 Å². The van der Waals surface area contributed by atoms with Gasteiger partial charge < -0.3 is 10.1 Å². The zero-order valence-electron chi connectivity index (χ0n) is 9.73. The van der Waals surface area contributed by atoms with E-state index in [9.17, 15) is 4.79 Å². The van der Waals surface area contributed by atoms with Crippen LogP contribution in [0.25, 0.3) is 0 Å². The predicted molar refractivity (Wildman–Crippen MR) is 57.1 cm³/mol. The number of hydrogen-bond donors (Lipinski definition) is 1. The molecule has 6 heteroatoms. The minimum atomic E-state index is -0.496. The summed E-state index contributed by atoms with van der Waals surface area (Å²) in [5.41, 5.74) is -0.0780. The highest BCUT2D eigenvalue weighted by atomic mass is 16.6. The fraction of sp³-hybridized carbons (Fsp3) is 0.700. The van der Waals surface area contributed by atoms with Crippen molar-refractivity contribution < 1.29 is 9.53 Å². The molecular weight excluding hydrogens is 208 g/mol. The second-order valence-corrected chi connectivity index (χ2v) is 4.88. The van der Waals surface area contributed by atoms with E-state index >= 15 is 0 Å². The van der Waals surface area contributed by atoms with Crippen LogP contribution in [0.2, 0.25) is 0 Å². The Balaban J connectivity index is 2.14. The van der Waals surface area contributed by atoms with Crippen molar-refractivity contribution in [3.63, 3.8) is 0 Å². The summed E-state index contributed by atoms with van der Waals surface area (Å²) < 4.78 is 6.91. The van der Waals surface area contributed by atoms with Crippen LogP contribution in [0.1, 0.15) is 37.3 Å². The zero-order chi connectivity index (χ0) is 11.8. The summed E-state index contributed by atoms with van der Waals surface area (Å²) in [6.07, 6.45) is 1.45. The standard InChI is InChI=1S/C10H16N4O2/c1-10(2,3)16-9(15)8-6-12-13-14(8)7-4-11-5-7/h6-7,11H,4-5H2,1-3H3. The first-order chi connectivity index (χ1) is 7.47. The highest BCUT2D eigenvalue weighted by Gasteiger charge is 2.27. The van der Waals surface area contributed by atoms with Gasteiger partial charge in [0.15, 0.2) is 5.69 Å². The summed E-state index contributed by atoms with van der Waals surface area (Å²) in [6.45, 7) is 7.15. The average molecular weight is 224 g/mol. The lowest BCUT2D eigenvalue weighted by Gasteiger charge is -2.28. The third-order valence-electron chi connectivity index (χ3n) is 2.29. The van der Waals surface area contributed by atoms with Crippen molar-refractivity contribution in [2.24, 2.45) is 0 Å². The molecule has 88 valence electrons. The average Bonchev–Trinajstić information content (AvgIpc) is 2.45. The lowest BCUT2D eigenvalue weighted by atomic mass is 10.2. The van der Waals surface area contributed by atoms with Crippen LogP contribution in [0.4, 0.5) is 0 Å². The van der Waals surface area contributed by atoms with Crippen LogP contribution in [0.3, 0.4) is 0 Å². The second kappa shape index (κ2) is 3.86. The summed E-state index contributed by atoms with van der Waals surface area (Å²) in [4.78, 5) is 11.8. The molecule has 0 unspecified atom stereocenters. The number of ether oxygens (including phenoxy) is 1. The molecule has 1 N–H and O–H groups in total. The van der Waals surface area contributed by atoms with E-state index in [1.807, 2.05) is 20.8 Å². The van der Waals surface area contributed by atoms with Crippen molar-refractivity contribution in [2.75, 3.05) is 13.1 Å². The zero-order valence-corrected chi connectivity index (χ0v) is 9.73. The number of nitrogens with zero attached hydrogens (tertiary/aromatic N) is 3. The summed E-state index contributed by atoms with van der Waals surface area (Å²) in [5.74, 6) is -0.371. The summed E-state index contributed by atoms with van der Waals surface area (Å²) >= 11 is 0. The summed E-state index contributed by atoms with van der Waals surface area (Å²) in [7, 11) is 0. The molecule has 1 aromatic heterocycles. The first-order valence-corrected chi connectivity index (χ1v) is 5.31. The molecule has 1 aliphatic rings. The topological polar surface area (TPSA) is 69.0 Å². The van der Waals surface area contributed by atoms with E-state index in [4.69, 9.17) is 4.74 Å².